The predicted octanol–water partition coefficient (Wildman–Crippen LogP) is 0.149. The van der Waals surface area contributed by atoms with Gasteiger partial charge in [-0.2, -0.15) is 0 Å². The van der Waals surface area contributed by atoms with Crippen molar-refractivity contribution in [1.82, 2.24) is 0 Å². The van der Waals surface area contributed by atoms with Gasteiger partial charge in [0.15, 0.2) is 13.0 Å². The molecule has 0 spiro atoms. The lowest BCUT2D eigenvalue weighted by Crippen LogP contribution is -2.49. The number of methoxy groups -OCH3 is 1. The van der Waals surface area contributed by atoms with Crippen molar-refractivity contribution in [2.45, 2.75) is 19.1 Å². The molecule has 2 atom stereocenters. The Kier molecular flexibility index (Phi) is 2.28. The van der Waals surface area contributed by atoms with Crippen molar-refractivity contribution in [3.8, 4) is 0 Å². The van der Waals surface area contributed by atoms with E-state index in [9.17, 15) is 5.11 Å². The number of nitrogens with zero attached hydrogens (tertiary/aromatic N) is 1. The van der Waals surface area contributed by atoms with E-state index in [4.69, 9.17) is 4.74 Å². The number of likely N-dealkylation sites (tertiary alicyclic amines) is 1. The zero-order valence-electron chi connectivity index (χ0n) is 6.71. The third-order valence-corrected chi connectivity index (χ3v) is 2.27. The summed E-state index contributed by atoms with van der Waals surface area (Å²) in [5.41, 5.74) is 0. The molecule has 0 radical (unpaired) electrons. The van der Waals surface area contributed by atoms with Crippen LogP contribution in [0.2, 0.25) is 0 Å². The van der Waals surface area contributed by atoms with E-state index < -0.39 is 0 Å². The highest BCUT2D eigenvalue weighted by Crippen LogP contribution is 2.21. The molecule has 0 aromatic rings. The Morgan fingerprint density at radius 1 is 1.70 bits per heavy atom. The fourth-order valence-corrected chi connectivity index (χ4v) is 1.54. The van der Waals surface area contributed by atoms with Gasteiger partial charge in [-0.25, -0.2) is 0 Å². The van der Waals surface area contributed by atoms with Crippen LogP contribution in [-0.2, 0) is 4.74 Å². The molecule has 2 unspecified atom stereocenters. The number of quaternary nitrogens is 1. The third-order valence-electron chi connectivity index (χ3n) is 2.27. The van der Waals surface area contributed by atoms with Crippen LogP contribution in [0.4, 0.5) is 0 Å². The van der Waals surface area contributed by atoms with Crippen LogP contribution < -0.4 is 0 Å². The van der Waals surface area contributed by atoms with Crippen molar-refractivity contribution >= 4 is 0 Å². The quantitative estimate of drug-likeness (QED) is 0.562. The van der Waals surface area contributed by atoms with Crippen LogP contribution in [0.15, 0.2) is 0 Å². The van der Waals surface area contributed by atoms with Crippen molar-refractivity contribution in [2.75, 3.05) is 27.4 Å². The molecule has 0 saturated carbocycles. The van der Waals surface area contributed by atoms with E-state index >= 15 is 0 Å². The Labute approximate surface area is 61.8 Å². The van der Waals surface area contributed by atoms with Gasteiger partial charge in [-0.1, -0.05) is 0 Å². The van der Waals surface area contributed by atoms with Crippen LogP contribution in [0.3, 0.4) is 0 Å². The minimum absolute atomic E-state index is 0.208. The lowest BCUT2D eigenvalue weighted by atomic mass is 10.4. The monoisotopic (exact) mass is 146 g/mol. The second kappa shape index (κ2) is 2.86. The summed E-state index contributed by atoms with van der Waals surface area (Å²) >= 11 is 0. The molecule has 3 heteroatoms. The SMILES string of the molecule is COC[N+]1(C)CCCC1O. The van der Waals surface area contributed by atoms with Gasteiger partial charge < -0.3 is 9.84 Å². The van der Waals surface area contributed by atoms with Crippen molar-refractivity contribution in [3.63, 3.8) is 0 Å². The molecule has 10 heavy (non-hydrogen) atoms. The smallest absolute Gasteiger partial charge is 0.192 e. The summed E-state index contributed by atoms with van der Waals surface area (Å²) in [6.07, 6.45) is 1.82. The number of aliphatic hydroxyl groups is 1. The molecule has 60 valence electrons. The molecule has 1 aliphatic rings. The summed E-state index contributed by atoms with van der Waals surface area (Å²) in [6, 6.07) is 0. The lowest BCUT2D eigenvalue weighted by molar-refractivity contribution is -0.957. The predicted molar refractivity (Wildman–Crippen MR) is 38.2 cm³/mol. The molecule has 1 heterocycles. The Bertz CT molecular complexity index is 118. The highest BCUT2D eigenvalue weighted by molar-refractivity contribution is 4.53. The number of hydrogen-bond donors (Lipinski definition) is 1. The molecule has 3 nitrogen and oxygen atoms in total. The van der Waals surface area contributed by atoms with Gasteiger partial charge in [0.05, 0.1) is 13.6 Å². The summed E-state index contributed by atoms with van der Waals surface area (Å²) in [5.74, 6) is 0. The summed E-state index contributed by atoms with van der Waals surface area (Å²) in [7, 11) is 3.70. The molecule has 1 aliphatic heterocycles. The van der Waals surface area contributed by atoms with Crippen molar-refractivity contribution < 1.29 is 14.3 Å². The average molecular weight is 146 g/mol. The summed E-state index contributed by atoms with van der Waals surface area (Å²) in [4.78, 5) is 0. The maximum Gasteiger partial charge on any atom is 0.192 e. The Morgan fingerprint density at radius 3 is 2.80 bits per heavy atom. The second-order valence-corrected chi connectivity index (χ2v) is 3.24. The van der Waals surface area contributed by atoms with Crippen molar-refractivity contribution in [3.05, 3.63) is 0 Å². The topological polar surface area (TPSA) is 29.5 Å². The Hall–Kier alpha value is -0.120. The molecule has 1 fully saturated rings. The molecule has 1 N–H and O–H groups in total. The zero-order valence-corrected chi connectivity index (χ0v) is 6.71. The van der Waals surface area contributed by atoms with Crippen LogP contribution in [0.25, 0.3) is 0 Å². The summed E-state index contributed by atoms with van der Waals surface area (Å²) < 4.78 is 5.67. The summed E-state index contributed by atoms with van der Waals surface area (Å²) in [5, 5.41) is 9.47. The molecule has 1 saturated heterocycles. The van der Waals surface area contributed by atoms with Crippen LogP contribution in [0.1, 0.15) is 12.8 Å². The largest absolute Gasteiger partial charge is 0.345 e. The lowest BCUT2D eigenvalue weighted by Gasteiger charge is -2.31. The van der Waals surface area contributed by atoms with Gasteiger partial charge in [0.25, 0.3) is 0 Å². The second-order valence-electron chi connectivity index (χ2n) is 3.24. The minimum Gasteiger partial charge on any atom is -0.345 e. The van der Waals surface area contributed by atoms with E-state index in [2.05, 4.69) is 0 Å². The van der Waals surface area contributed by atoms with Crippen molar-refractivity contribution in [1.29, 1.82) is 0 Å². The number of rotatable bonds is 2. The van der Waals surface area contributed by atoms with Gasteiger partial charge in [0.2, 0.25) is 0 Å². The highest BCUT2D eigenvalue weighted by atomic mass is 16.5. The van der Waals surface area contributed by atoms with Crippen LogP contribution in [0, 0.1) is 0 Å². The van der Waals surface area contributed by atoms with Crippen molar-refractivity contribution in [2.24, 2.45) is 0 Å². The van der Waals surface area contributed by atoms with Crippen LogP contribution in [0.5, 0.6) is 0 Å². The fraction of sp³-hybridized carbons (Fsp3) is 1.00. The average Bonchev–Trinajstić information content (AvgIpc) is 2.15. The van der Waals surface area contributed by atoms with Crippen LogP contribution >= 0.6 is 0 Å². The third kappa shape index (κ3) is 1.31. The van der Waals surface area contributed by atoms with E-state index in [1.807, 2.05) is 7.05 Å². The first-order chi connectivity index (χ1) is 4.69. The number of ether oxygens (including phenoxy) is 1. The standard InChI is InChI=1S/C7H16NO2/c1-8(6-10-2)5-3-4-7(8)9/h7,9H,3-6H2,1-2H3/q+1. The molecular formula is C7H16NO2+. The van der Waals surface area contributed by atoms with Gasteiger partial charge in [-0.3, -0.25) is 4.48 Å². The molecule has 0 aromatic heterocycles. The molecule has 0 amide bonds. The van der Waals surface area contributed by atoms with Gasteiger partial charge >= 0.3 is 0 Å². The van der Waals surface area contributed by atoms with E-state index in [1.165, 1.54) is 0 Å². The van der Waals surface area contributed by atoms with Crippen LogP contribution in [-0.4, -0.2) is 43.3 Å². The molecular weight excluding hydrogens is 130 g/mol. The van der Waals surface area contributed by atoms with E-state index in [1.54, 1.807) is 7.11 Å². The normalized spacial score (nSPS) is 40.5. The molecule has 1 rings (SSSR count). The Balaban J connectivity index is 2.48. The maximum atomic E-state index is 9.47. The highest BCUT2D eigenvalue weighted by Gasteiger charge is 2.36. The first-order valence-corrected chi connectivity index (χ1v) is 3.70. The molecule has 0 aliphatic carbocycles. The number of aliphatic hydroxyl groups excluding tert-OH is 1. The van der Waals surface area contributed by atoms with Gasteiger partial charge in [0.1, 0.15) is 0 Å². The maximum absolute atomic E-state index is 9.47. The van der Waals surface area contributed by atoms with E-state index in [0.717, 1.165) is 19.4 Å². The number of hydrogen-bond acceptors (Lipinski definition) is 2. The molecule has 0 aromatic carbocycles. The van der Waals surface area contributed by atoms with Gasteiger partial charge in [0, 0.05) is 20.0 Å². The van der Waals surface area contributed by atoms with E-state index in [-0.39, 0.29) is 6.23 Å². The first-order valence-electron chi connectivity index (χ1n) is 3.70. The fourth-order valence-electron chi connectivity index (χ4n) is 1.54. The summed E-state index contributed by atoms with van der Waals surface area (Å²) in [6.45, 7) is 1.66. The first kappa shape index (κ1) is 7.98. The van der Waals surface area contributed by atoms with E-state index in [0.29, 0.717) is 11.2 Å². The zero-order chi connectivity index (χ0) is 7.61. The van der Waals surface area contributed by atoms with Gasteiger partial charge in [-0.05, 0) is 0 Å². The Morgan fingerprint density at radius 2 is 2.40 bits per heavy atom. The minimum atomic E-state index is -0.208. The van der Waals surface area contributed by atoms with Gasteiger partial charge in [-0.15, -0.1) is 0 Å². The molecule has 0 bridgehead atoms.